The lowest BCUT2D eigenvalue weighted by Gasteiger charge is -2.16. The smallest absolute Gasteiger partial charge is 0.333 e. The summed E-state index contributed by atoms with van der Waals surface area (Å²) < 4.78 is 50.3. The summed E-state index contributed by atoms with van der Waals surface area (Å²) >= 11 is 0. The van der Waals surface area contributed by atoms with Gasteiger partial charge in [-0.05, 0) is 149 Å². The van der Waals surface area contributed by atoms with Crippen LogP contribution in [0.2, 0.25) is 0 Å². The zero-order valence-corrected chi connectivity index (χ0v) is 39.1. The predicted octanol–water partition coefficient (Wildman–Crippen LogP) is 11.2. The number of anilines is 2. The molecular weight excluding hydrogens is 869 g/mol. The van der Waals surface area contributed by atoms with E-state index in [2.05, 4.69) is 23.8 Å². The van der Waals surface area contributed by atoms with Crippen molar-refractivity contribution in [2.75, 3.05) is 23.8 Å². The highest BCUT2D eigenvalue weighted by atomic mass is 32.2. The number of amides is 2. The summed E-state index contributed by atoms with van der Waals surface area (Å²) in [4.78, 5) is 51.1. The summed E-state index contributed by atoms with van der Waals surface area (Å²) in [5.74, 6) is -0.280. The Labute approximate surface area is 391 Å². The van der Waals surface area contributed by atoms with Gasteiger partial charge in [0.1, 0.15) is 11.5 Å². The van der Waals surface area contributed by atoms with Gasteiger partial charge in [0, 0.05) is 35.1 Å². The van der Waals surface area contributed by atoms with Crippen LogP contribution in [0, 0.1) is 27.7 Å². The van der Waals surface area contributed by atoms with Crippen LogP contribution in [0.15, 0.2) is 155 Å². The number of aryl methyl sites for hydroxylation is 2. The normalized spacial score (nSPS) is 11.0. The van der Waals surface area contributed by atoms with E-state index in [9.17, 15) is 27.6 Å². The van der Waals surface area contributed by atoms with Gasteiger partial charge in [-0.25, -0.2) is 18.0 Å². The Morgan fingerprint density at radius 3 is 1.24 bits per heavy atom. The number of benzene rings is 6. The van der Waals surface area contributed by atoms with Crippen molar-refractivity contribution >= 4 is 45.0 Å². The second kappa shape index (κ2) is 21.5. The van der Waals surface area contributed by atoms with Gasteiger partial charge in [-0.1, -0.05) is 60.7 Å². The van der Waals surface area contributed by atoms with Crippen LogP contribution in [0.1, 0.15) is 67.9 Å². The second-order valence-corrected chi connectivity index (χ2v) is 18.0. The number of carbonyl (C=O) groups excluding carboxylic acids is 4. The molecule has 0 spiro atoms. The molecule has 6 aromatic rings. The minimum absolute atomic E-state index is 0.0331. The third-order valence-corrected chi connectivity index (χ3v) is 12.5. The van der Waals surface area contributed by atoms with E-state index in [-0.39, 0.29) is 34.8 Å². The SMILES string of the molecule is C=C(C)C(=O)OCCc1cc(C)cc(C(=O)Nc2ccccc2Oc2ccc(S(=O)(=O)c3ccc(Oc4ccccc4NC(=O)c4cc(C)cc(CCOC(=O)C(=C)C)c4C)cc3)cc2)c1C. The van der Waals surface area contributed by atoms with E-state index in [4.69, 9.17) is 18.9 Å². The first-order chi connectivity index (χ1) is 31.9. The van der Waals surface area contributed by atoms with Crippen LogP contribution in [-0.4, -0.2) is 45.4 Å². The molecule has 0 aliphatic rings. The number of hydrogen-bond acceptors (Lipinski definition) is 10. The molecule has 12 nitrogen and oxygen atoms in total. The first-order valence-electron chi connectivity index (χ1n) is 21.4. The van der Waals surface area contributed by atoms with E-state index in [0.29, 0.717) is 69.5 Å². The quantitative estimate of drug-likeness (QED) is 0.0626. The van der Waals surface area contributed by atoms with Gasteiger partial charge in [0.2, 0.25) is 9.84 Å². The lowest BCUT2D eigenvalue weighted by molar-refractivity contribution is -0.139. The van der Waals surface area contributed by atoms with Crippen LogP contribution in [0.5, 0.6) is 23.0 Å². The fourth-order valence-corrected chi connectivity index (χ4v) is 8.33. The van der Waals surface area contributed by atoms with Crippen molar-refractivity contribution in [1.82, 2.24) is 0 Å². The van der Waals surface area contributed by atoms with Gasteiger partial charge in [-0.2, -0.15) is 0 Å². The summed E-state index contributed by atoms with van der Waals surface area (Å²) in [7, 11) is -3.96. The van der Waals surface area contributed by atoms with E-state index in [1.807, 2.05) is 39.8 Å². The predicted molar refractivity (Wildman–Crippen MR) is 258 cm³/mol. The van der Waals surface area contributed by atoms with Gasteiger partial charge in [-0.3, -0.25) is 9.59 Å². The summed E-state index contributed by atoms with van der Waals surface area (Å²) in [6.07, 6.45) is 0.850. The van der Waals surface area contributed by atoms with Crippen LogP contribution < -0.4 is 20.1 Å². The Balaban J connectivity index is 1.10. The van der Waals surface area contributed by atoms with Crippen LogP contribution in [0.4, 0.5) is 11.4 Å². The average molecular weight is 921 g/mol. The average Bonchev–Trinajstić information content (AvgIpc) is 3.29. The van der Waals surface area contributed by atoms with E-state index in [1.165, 1.54) is 48.5 Å². The fraction of sp³-hybridized carbons (Fsp3) is 0.185. The van der Waals surface area contributed by atoms with Gasteiger partial charge < -0.3 is 29.6 Å². The van der Waals surface area contributed by atoms with Gasteiger partial charge >= 0.3 is 11.9 Å². The van der Waals surface area contributed by atoms with Crippen molar-refractivity contribution in [3.63, 3.8) is 0 Å². The molecule has 0 saturated carbocycles. The number of carbonyl (C=O) groups is 4. The number of para-hydroxylation sites is 4. The number of sulfone groups is 1. The van der Waals surface area contributed by atoms with Crippen LogP contribution in [-0.2, 0) is 41.7 Å². The maximum absolute atomic E-state index is 13.7. The van der Waals surface area contributed by atoms with Crippen LogP contribution >= 0.6 is 0 Å². The molecule has 0 bridgehead atoms. The Bertz CT molecular complexity index is 2800. The first kappa shape index (κ1) is 48.7. The Hall–Kier alpha value is -7.77. The molecule has 0 saturated heterocycles. The Morgan fingerprint density at radius 1 is 0.522 bits per heavy atom. The lowest BCUT2D eigenvalue weighted by atomic mass is 9.96. The van der Waals surface area contributed by atoms with E-state index < -0.39 is 21.8 Å². The van der Waals surface area contributed by atoms with Crippen molar-refractivity contribution in [2.24, 2.45) is 0 Å². The molecule has 13 heteroatoms. The van der Waals surface area contributed by atoms with Crippen molar-refractivity contribution in [1.29, 1.82) is 0 Å². The monoisotopic (exact) mass is 920 g/mol. The van der Waals surface area contributed by atoms with Crippen molar-refractivity contribution in [3.05, 3.63) is 190 Å². The lowest BCUT2D eigenvalue weighted by Crippen LogP contribution is -2.16. The summed E-state index contributed by atoms with van der Waals surface area (Å²) in [6.45, 7) is 18.1. The highest BCUT2D eigenvalue weighted by Gasteiger charge is 2.21. The van der Waals surface area contributed by atoms with E-state index in [0.717, 1.165) is 33.4 Å². The maximum atomic E-state index is 13.7. The van der Waals surface area contributed by atoms with Crippen molar-refractivity contribution in [2.45, 2.75) is 64.2 Å². The third kappa shape index (κ3) is 12.3. The van der Waals surface area contributed by atoms with Crippen LogP contribution in [0.25, 0.3) is 0 Å². The topological polar surface area (TPSA) is 163 Å². The molecule has 0 heterocycles. The highest BCUT2D eigenvalue weighted by molar-refractivity contribution is 7.91. The molecule has 6 rings (SSSR count). The van der Waals surface area contributed by atoms with Gasteiger partial charge in [0.25, 0.3) is 11.8 Å². The molecule has 6 aromatic carbocycles. The number of ether oxygens (including phenoxy) is 4. The molecule has 0 radical (unpaired) electrons. The molecule has 0 atom stereocenters. The molecule has 0 unspecified atom stereocenters. The summed E-state index contributed by atoms with van der Waals surface area (Å²) in [5.41, 5.74) is 7.34. The minimum Gasteiger partial charge on any atom is -0.462 e. The molecule has 0 fully saturated rings. The van der Waals surface area contributed by atoms with Gasteiger partial charge in [0.05, 0.1) is 34.4 Å². The van der Waals surface area contributed by atoms with E-state index >= 15 is 0 Å². The standard InChI is InChI=1S/C54H52N2O10S/c1-33(2)53(59)63-27-25-39-29-35(5)31-45(37(39)7)51(57)55-47-13-9-11-15-49(47)65-41-17-21-43(22-18-41)67(61,62)44-23-19-42(20-24-44)66-50-16-12-10-14-48(50)56-52(58)46-32-36(6)30-40(38(46)8)26-28-64-54(60)34(3)4/h9-24,29-32H,1,3,25-28H2,2,4-8H3,(H,55,57)(H,56,58). The third-order valence-electron chi connectivity index (χ3n) is 10.7. The molecule has 2 amide bonds. The largest absolute Gasteiger partial charge is 0.462 e. The van der Waals surface area contributed by atoms with Gasteiger partial charge in [0.15, 0.2) is 11.5 Å². The minimum atomic E-state index is -3.96. The number of esters is 2. The maximum Gasteiger partial charge on any atom is 0.333 e. The molecule has 67 heavy (non-hydrogen) atoms. The number of rotatable bonds is 18. The summed E-state index contributed by atoms with van der Waals surface area (Å²) in [5, 5.41) is 5.89. The zero-order chi connectivity index (χ0) is 48.4. The first-order valence-corrected chi connectivity index (χ1v) is 22.9. The zero-order valence-electron chi connectivity index (χ0n) is 38.3. The molecule has 0 aromatic heterocycles. The summed E-state index contributed by atoms with van der Waals surface area (Å²) in [6, 6.07) is 33.2. The second-order valence-electron chi connectivity index (χ2n) is 16.1. The number of nitrogens with one attached hydrogen (secondary N) is 2. The molecule has 0 aliphatic heterocycles. The van der Waals surface area contributed by atoms with Gasteiger partial charge in [-0.15, -0.1) is 0 Å². The van der Waals surface area contributed by atoms with E-state index in [1.54, 1.807) is 74.5 Å². The Morgan fingerprint density at radius 2 is 0.881 bits per heavy atom. The highest BCUT2D eigenvalue weighted by Crippen LogP contribution is 2.34. The molecular formula is C54H52N2O10S. The fourth-order valence-electron chi connectivity index (χ4n) is 7.07. The molecule has 344 valence electrons. The molecule has 2 N–H and O–H groups in total. The van der Waals surface area contributed by atoms with Crippen LogP contribution in [0.3, 0.4) is 0 Å². The number of hydrogen-bond donors (Lipinski definition) is 2. The Kier molecular flexibility index (Phi) is 15.6. The van der Waals surface area contributed by atoms with Crippen molar-refractivity contribution in [3.8, 4) is 23.0 Å². The molecule has 0 aliphatic carbocycles. The van der Waals surface area contributed by atoms with Crippen molar-refractivity contribution < 1.29 is 46.5 Å².